The van der Waals surface area contributed by atoms with Crippen LogP contribution in [0.5, 0.6) is 0 Å². The van der Waals surface area contributed by atoms with Crippen molar-refractivity contribution in [2.24, 2.45) is 0 Å². The molecule has 0 N–H and O–H groups in total. The molecule has 0 heteroatoms. The van der Waals surface area contributed by atoms with Crippen LogP contribution in [-0.4, -0.2) is 0 Å². The lowest BCUT2D eigenvalue weighted by atomic mass is 10.0. The molecule has 0 saturated heterocycles. The molecule has 0 amide bonds. The molecule has 0 saturated carbocycles. The summed E-state index contributed by atoms with van der Waals surface area (Å²) in [5.41, 5.74) is 2.99. The van der Waals surface area contributed by atoms with Gasteiger partial charge in [-0.05, 0) is 36.8 Å². The molecule has 0 heterocycles. The van der Waals surface area contributed by atoms with Crippen molar-refractivity contribution in [1.29, 1.82) is 0 Å². The summed E-state index contributed by atoms with van der Waals surface area (Å²) in [5.74, 6) is 0. The largest absolute Gasteiger partial charge is 0.0654 e. The van der Waals surface area contributed by atoms with Gasteiger partial charge >= 0.3 is 0 Å². The molecule has 0 nitrogen and oxygen atoms in total. The summed E-state index contributed by atoms with van der Waals surface area (Å²) in [4.78, 5) is 0. The van der Waals surface area contributed by atoms with Gasteiger partial charge in [0.25, 0.3) is 0 Å². The van der Waals surface area contributed by atoms with Gasteiger partial charge in [0.1, 0.15) is 0 Å². The lowest BCUT2D eigenvalue weighted by Gasteiger charge is -2.02. The van der Waals surface area contributed by atoms with Crippen LogP contribution in [0.1, 0.15) is 50.7 Å². The highest BCUT2D eigenvalue weighted by Crippen LogP contribution is 2.10. The fraction of sp³-hybridized carbons (Fsp3) is 0.571. The molecule has 0 aromatic heterocycles. The van der Waals surface area contributed by atoms with Crippen LogP contribution in [0.4, 0.5) is 0 Å². The van der Waals surface area contributed by atoms with Crippen LogP contribution in [0.2, 0.25) is 0 Å². The molecule has 78 valence electrons. The molecule has 1 rings (SSSR count). The van der Waals surface area contributed by atoms with Gasteiger partial charge in [0.2, 0.25) is 0 Å². The Morgan fingerprint density at radius 1 is 0.714 bits per heavy atom. The van der Waals surface area contributed by atoms with Crippen molar-refractivity contribution in [3.63, 3.8) is 0 Å². The van der Waals surface area contributed by atoms with Crippen molar-refractivity contribution >= 4 is 0 Å². The second kappa shape index (κ2) is 6.64. The van der Waals surface area contributed by atoms with Gasteiger partial charge in [-0.25, -0.2) is 0 Å². The van der Waals surface area contributed by atoms with Crippen molar-refractivity contribution in [2.75, 3.05) is 0 Å². The first-order chi connectivity index (χ1) is 6.86. The maximum atomic E-state index is 2.29. The van der Waals surface area contributed by atoms with Crippen molar-refractivity contribution in [3.8, 4) is 0 Å². The molecular formula is C14H22. The zero-order valence-electron chi connectivity index (χ0n) is 9.55. The predicted octanol–water partition coefficient (Wildman–Crippen LogP) is 4.37. The molecule has 0 aliphatic heterocycles. The molecule has 0 fully saturated rings. The number of hydrogen-bond acceptors (Lipinski definition) is 0. The topological polar surface area (TPSA) is 0 Å². The van der Waals surface area contributed by atoms with Crippen LogP contribution in [-0.2, 0) is 12.8 Å². The second-order valence-electron chi connectivity index (χ2n) is 4.02. The van der Waals surface area contributed by atoms with E-state index >= 15 is 0 Å². The molecule has 0 bridgehead atoms. The normalized spacial score (nSPS) is 10.4. The Balaban J connectivity index is 2.42. The van der Waals surface area contributed by atoms with E-state index in [1.807, 2.05) is 0 Å². The summed E-state index contributed by atoms with van der Waals surface area (Å²) in [5, 5.41) is 0. The Labute approximate surface area is 88.4 Å². The minimum atomic E-state index is 1.24. The molecule has 0 spiro atoms. The van der Waals surface area contributed by atoms with Crippen LogP contribution in [0, 0.1) is 0 Å². The monoisotopic (exact) mass is 190 g/mol. The first kappa shape index (κ1) is 11.3. The van der Waals surface area contributed by atoms with Crippen molar-refractivity contribution < 1.29 is 0 Å². The summed E-state index contributed by atoms with van der Waals surface area (Å²) >= 11 is 0. The lowest BCUT2D eigenvalue weighted by molar-refractivity contribution is 0.786. The highest BCUT2D eigenvalue weighted by atomic mass is 14.0. The number of rotatable bonds is 6. The molecule has 0 unspecified atom stereocenters. The van der Waals surface area contributed by atoms with Crippen LogP contribution in [0.15, 0.2) is 24.3 Å². The van der Waals surface area contributed by atoms with Crippen LogP contribution < -0.4 is 0 Å². The highest BCUT2D eigenvalue weighted by Gasteiger charge is 1.94. The Morgan fingerprint density at radius 2 is 1.07 bits per heavy atom. The Morgan fingerprint density at radius 3 is 1.36 bits per heavy atom. The fourth-order valence-electron chi connectivity index (χ4n) is 1.63. The third-order valence-corrected chi connectivity index (χ3v) is 2.66. The number of unbranched alkanes of at least 4 members (excludes halogenated alkanes) is 2. The van der Waals surface area contributed by atoms with Crippen LogP contribution >= 0.6 is 0 Å². The van der Waals surface area contributed by atoms with Gasteiger partial charge in [0.15, 0.2) is 0 Å². The van der Waals surface area contributed by atoms with Crippen molar-refractivity contribution in [1.82, 2.24) is 0 Å². The first-order valence-corrected chi connectivity index (χ1v) is 5.94. The molecule has 14 heavy (non-hydrogen) atoms. The van der Waals surface area contributed by atoms with Gasteiger partial charge in [-0.3, -0.25) is 0 Å². The molecule has 1 aromatic carbocycles. The van der Waals surface area contributed by atoms with Gasteiger partial charge in [0.05, 0.1) is 0 Å². The minimum Gasteiger partial charge on any atom is -0.0654 e. The summed E-state index contributed by atoms with van der Waals surface area (Å²) in [7, 11) is 0. The third kappa shape index (κ3) is 3.95. The molecule has 0 aliphatic carbocycles. The van der Waals surface area contributed by atoms with Gasteiger partial charge in [-0.15, -0.1) is 0 Å². The van der Waals surface area contributed by atoms with Gasteiger partial charge < -0.3 is 0 Å². The van der Waals surface area contributed by atoms with E-state index in [1.165, 1.54) is 49.7 Å². The van der Waals surface area contributed by atoms with Crippen molar-refractivity contribution in [2.45, 2.75) is 52.4 Å². The Kier molecular flexibility index (Phi) is 5.36. The van der Waals surface area contributed by atoms with Gasteiger partial charge in [-0.1, -0.05) is 51.0 Å². The van der Waals surface area contributed by atoms with Gasteiger partial charge in [-0.2, -0.15) is 0 Å². The summed E-state index contributed by atoms with van der Waals surface area (Å²) in [6.07, 6.45) is 7.69. The van der Waals surface area contributed by atoms with E-state index in [4.69, 9.17) is 0 Å². The summed E-state index contributed by atoms with van der Waals surface area (Å²) in [6.45, 7) is 4.49. The van der Waals surface area contributed by atoms with E-state index in [9.17, 15) is 0 Å². The van der Waals surface area contributed by atoms with E-state index in [1.54, 1.807) is 0 Å². The van der Waals surface area contributed by atoms with Crippen molar-refractivity contribution in [3.05, 3.63) is 35.4 Å². The minimum absolute atomic E-state index is 1.24. The van der Waals surface area contributed by atoms with E-state index in [-0.39, 0.29) is 0 Å². The first-order valence-electron chi connectivity index (χ1n) is 5.94. The maximum Gasteiger partial charge on any atom is -0.0279 e. The fourth-order valence-corrected chi connectivity index (χ4v) is 1.63. The number of hydrogen-bond donors (Lipinski definition) is 0. The average molecular weight is 190 g/mol. The van der Waals surface area contributed by atoms with E-state index in [2.05, 4.69) is 38.1 Å². The Bertz CT molecular complexity index is 206. The van der Waals surface area contributed by atoms with E-state index in [0.29, 0.717) is 0 Å². The highest BCUT2D eigenvalue weighted by molar-refractivity contribution is 5.22. The van der Waals surface area contributed by atoms with Crippen LogP contribution in [0.25, 0.3) is 0 Å². The maximum absolute atomic E-state index is 2.29. The SMILES string of the molecule is CCCCc1ccc(CCCC)cc1. The molecular weight excluding hydrogens is 168 g/mol. The average Bonchev–Trinajstić information content (AvgIpc) is 2.25. The zero-order chi connectivity index (χ0) is 10.2. The predicted molar refractivity (Wildman–Crippen MR) is 63.7 cm³/mol. The number of benzene rings is 1. The smallest absolute Gasteiger partial charge is 0.0279 e. The zero-order valence-corrected chi connectivity index (χ0v) is 9.55. The second-order valence-corrected chi connectivity index (χ2v) is 4.02. The van der Waals surface area contributed by atoms with Gasteiger partial charge in [0, 0.05) is 0 Å². The molecule has 0 radical (unpaired) electrons. The summed E-state index contributed by atoms with van der Waals surface area (Å²) in [6, 6.07) is 9.17. The molecule has 0 aliphatic rings. The number of aryl methyl sites for hydroxylation is 2. The molecule has 0 atom stereocenters. The third-order valence-electron chi connectivity index (χ3n) is 2.66. The van der Waals surface area contributed by atoms with E-state index in [0.717, 1.165) is 0 Å². The Hall–Kier alpha value is -0.780. The quantitative estimate of drug-likeness (QED) is 0.624. The standard InChI is InChI=1S/C14H22/c1-3-5-7-13-9-11-14(12-10-13)8-6-4-2/h9-12H,3-8H2,1-2H3. The molecule has 1 aromatic rings. The van der Waals surface area contributed by atoms with Crippen LogP contribution in [0.3, 0.4) is 0 Å². The summed E-state index contributed by atoms with van der Waals surface area (Å²) < 4.78 is 0. The lowest BCUT2D eigenvalue weighted by Crippen LogP contribution is -1.87. The van der Waals surface area contributed by atoms with E-state index < -0.39 is 0 Å².